The Bertz CT molecular complexity index is 373. The quantitative estimate of drug-likeness (QED) is 0.721. The number of hydrogen-bond donors (Lipinski definition) is 0. The summed E-state index contributed by atoms with van der Waals surface area (Å²) < 4.78 is 10.7. The second-order valence-corrected chi connectivity index (χ2v) is 4.57. The Morgan fingerprint density at radius 2 is 2.39 bits per heavy atom. The Morgan fingerprint density at radius 1 is 1.50 bits per heavy atom. The molecule has 1 aliphatic heterocycles. The van der Waals surface area contributed by atoms with E-state index in [2.05, 4.69) is 21.8 Å². The Labute approximate surface area is 108 Å². The number of ether oxygens (including phenoxy) is 2. The van der Waals surface area contributed by atoms with Crippen LogP contribution in [0.4, 0.5) is 5.95 Å². The molecule has 2 heterocycles. The first-order chi connectivity index (χ1) is 8.83. The van der Waals surface area contributed by atoms with E-state index in [9.17, 15) is 0 Å². The van der Waals surface area contributed by atoms with Crippen molar-refractivity contribution in [3.8, 4) is 5.88 Å². The van der Waals surface area contributed by atoms with Crippen LogP contribution in [0.3, 0.4) is 0 Å². The highest BCUT2D eigenvalue weighted by molar-refractivity contribution is 5.33. The maximum atomic E-state index is 5.60. The third kappa shape index (κ3) is 3.32. The Balaban J connectivity index is 1.87. The molecule has 2 rings (SSSR count). The summed E-state index contributed by atoms with van der Waals surface area (Å²) in [7, 11) is 1.62. The van der Waals surface area contributed by atoms with Crippen molar-refractivity contribution in [3.63, 3.8) is 0 Å². The number of hydrogen-bond acceptors (Lipinski definition) is 5. The molecule has 5 nitrogen and oxygen atoms in total. The lowest BCUT2D eigenvalue weighted by atomic mass is 10.1. The Hall–Kier alpha value is -1.36. The summed E-state index contributed by atoms with van der Waals surface area (Å²) in [5.74, 6) is 1.96. The molecule has 18 heavy (non-hydrogen) atoms. The summed E-state index contributed by atoms with van der Waals surface area (Å²) >= 11 is 0. The number of methoxy groups -OCH3 is 1. The maximum Gasteiger partial charge on any atom is 0.228 e. The normalized spacial score (nSPS) is 19.2. The second-order valence-electron chi connectivity index (χ2n) is 4.57. The van der Waals surface area contributed by atoms with Crippen molar-refractivity contribution in [2.45, 2.75) is 19.8 Å². The van der Waals surface area contributed by atoms with E-state index in [-0.39, 0.29) is 0 Å². The van der Waals surface area contributed by atoms with Crippen molar-refractivity contribution >= 4 is 5.95 Å². The molecule has 1 unspecified atom stereocenters. The zero-order valence-electron chi connectivity index (χ0n) is 11.1. The molecule has 1 saturated heterocycles. The minimum Gasteiger partial charge on any atom is -0.481 e. The second kappa shape index (κ2) is 6.54. The van der Waals surface area contributed by atoms with Gasteiger partial charge in [0.05, 0.1) is 13.7 Å². The molecular formula is C13H21N3O2. The van der Waals surface area contributed by atoms with Crippen molar-refractivity contribution in [2.75, 3.05) is 38.3 Å². The molecule has 0 spiro atoms. The predicted octanol–water partition coefficient (Wildman–Crippen LogP) is 1.74. The lowest BCUT2D eigenvalue weighted by Crippen LogP contribution is -2.23. The van der Waals surface area contributed by atoms with Crippen molar-refractivity contribution in [2.24, 2.45) is 5.92 Å². The third-order valence-electron chi connectivity index (χ3n) is 3.10. The molecule has 0 bridgehead atoms. The summed E-state index contributed by atoms with van der Waals surface area (Å²) in [4.78, 5) is 10.8. The van der Waals surface area contributed by atoms with Gasteiger partial charge in [-0.25, -0.2) is 4.98 Å². The molecule has 100 valence electrons. The average Bonchev–Trinajstić information content (AvgIpc) is 2.88. The van der Waals surface area contributed by atoms with E-state index < -0.39 is 0 Å². The Morgan fingerprint density at radius 3 is 3.17 bits per heavy atom. The molecule has 1 aromatic rings. The molecule has 1 aliphatic rings. The molecule has 1 fully saturated rings. The van der Waals surface area contributed by atoms with Gasteiger partial charge in [-0.05, 0) is 12.8 Å². The average molecular weight is 251 g/mol. The predicted molar refractivity (Wildman–Crippen MR) is 70.0 cm³/mol. The summed E-state index contributed by atoms with van der Waals surface area (Å²) in [6.07, 6.45) is 3.96. The molecule has 1 aromatic heterocycles. The lowest BCUT2D eigenvalue weighted by Gasteiger charge is -2.16. The van der Waals surface area contributed by atoms with Gasteiger partial charge in [0.25, 0.3) is 0 Å². The highest BCUT2D eigenvalue weighted by Gasteiger charge is 2.24. The molecule has 1 atom stereocenters. The van der Waals surface area contributed by atoms with Crippen LogP contribution in [0.15, 0.2) is 12.3 Å². The standard InChI is InChI=1S/C13H21N3O2/c1-3-8-18-10-11-5-7-16(9-11)13-14-6-4-12(15-13)17-2/h4,6,11H,3,5,7-10H2,1-2H3. The molecule has 0 aromatic carbocycles. The van der Waals surface area contributed by atoms with Gasteiger partial charge in [-0.1, -0.05) is 6.92 Å². The molecule has 5 heteroatoms. The van der Waals surface area contributed by atoms with Gasteiger partial charge in [0, 0.05) is 37.9 Å². The summed E-state index contributed by atoms with van der Waals surface area (Å²) in [5.41, 5.74) is 0. The van der Waals surface area contributed by atoms with E-state index in [1.807, 2.05) is 0 Å². The summed E-state index contributed by atoms with van der Waals surface area (Å²) in [5, 5.41) is 0. The van der Waals surface area contributed by atoms with Gasteiger partial charge in [-0.2, -0.15) is 4.98 Å². The SMILES string of the molecule is CCCOCC1CCN(c2nccc(OC)n2)C1. The first kappa shape index (κ1) is 13.1. The van der Waals surface area contributed by atoms with Crippen molar-refractivity contribution < 1.29 is 9.47 Å². The van der Waals surface area contributed by atoms with Crippen LogP contribution in [0.1, 0.15) is 19.8 Å². The summed E-state index contributed by atoms with van der Waals surface area (Å²) in [6.45, 7) is 5.79. The van der Waals surface area contributed by atoms with E-state index in [0.717, 1.165) is 45.1 Å². The van der Waals surface area contributed by atoms with Crippen LogP contribution in [0.5, 0.6) is 5.88 Å². The molecule has 0 radical (unpaired) electrons. The van der Waals surface area contributed by atoms with Crippen LogP contribution >= 0.6 is 0 Å². The molecule has 0 N–H and O–H groups in total. The van der Waals surface area contributed by atoms with Crippen LogP contribution in [-0.2, 0) is 4.74 Å². The van der Waals surface area contributed by atoms with Gasteiger partial charge in [0.1, 0.15) is 0 Å². The van der Waals surface area contributed by atoms with Gasteiger partial charge in [0.15, 0.2) is 0 Å². The lowest BCUT2D eigenvalue weighted by molar-refractivity contribution is 0.106. The molecular weight excluding hydrogens is 230 g/mol. The van der Waals surface area contributed by atoms with E-state index in [0.29, 0.717) is 11.8 Å². The fourth-order valence-corrected chi connectivity index (χ4v) is 2.14. The van der Waals surface area contributed by atoms with Gasteiger partial charge in [-0.15, -0.1) is 0 Å². The van der Waals surface area contributed by atoms with Crippen molar-refractivity contribution in [1.29, 1.82) is 0 Å². The zero-order valence-corrected chi connectivity index (χ0v) is 11.1. The minimum absolute atomic E-state index is 0.589. The van der Waals surface area contributed by atoms with E-state index >= 15 is 0 Å². The highest BCUT2D eigenvalue weighted by Crippen LogP contribution is 2.22. The van der Waals surface area contributed by atoms with Gasteiger partial charge in [0.2, 0.25) is 11.8 Å². The smallest absolute Gasteiger partial charge is 0.228 e. The monoisotopic (exact) mass is 251 g/mol. The highest BCUT2D eigenvalue weighted by atomic mass is 16.5. The van der Waals surface area contributed by atoms with Crippen LogP contribution in [0.25, 0.3) is 0 Å². The number of anilines is 1. The van der Waals surface area contributed by atoms with E-state index in [4.69, 9.17) is 9.47 Å². The van der Waals surface area contributed by atoms with Gasteiger partial charge >= 0.3 is 0 Å². The number of aromatic nitrogens is 2. The van der Waals surface area contributed by atoms with Gasteiger partial charge in [-0.3, -0.25) is 0 Å². The fourth-order valence-electron chi connectivity index (χ4n) is 2.14. The third-order valence-corrected chi connectivity index (χ3v) is 3.10. The maximum absolute atomic E-state index is 5.60. The minimum atomic E-state index is 0.589. The van der Waals surface area contributed by atoms with E-state index in [1.165, 1.54) is 0 Å². The Kier molecular flexibility index (Phi) is 4.75. The zero-order chi connectivity index (χ0) is 12.8. The number of rotatable bonds is 6. The van der Waals surface area contributed by atoms with Crippen LogP contribution in [0.2, 0.25) is 0 Å². The van der Waals surface area contributed by atoms with Crippen LogP contribution in [-0.4, -0.2) is 43.4 Å². The largest absolute Gasteiger partial charge is 0.481 e. The van der Waals surface area contributed by atoms with Crippen LogP contribution < -0.4 is 9.64 Å². The topological polar surface area (TPSA) is 47.5 Å². The summed E-state index contributed by atoms with van der Waals surface area (Å²) in [6, 6.07) is 1.77. The molecule has 0 aliphatic carbocycles. The van der Waals surface area contributed by atoms with Crippen molar-refractivity contribution in [3.05, 3.63) is 12.3 Å². The fraction of sp³-hybridized carbons (Fsp3) is 0.692. The molecule has 0 saturated carbocycles. The van der Waals surface area contributed by atoms with E-state index in [1.54, 1.807) is 19.4 Å². The van der Waals surface area contributed by atoms with Crippen molar-refractivity contribution in [1.82, 2.24) is 9.97 Å². The molecule has 0 amide bonds. The van der Waals surface area contributed by atoms with Gasteiger partial charge < -0.3 is 14.4 Å². The first-order valence-corrected chi connectivity index (χ1v) is 6.53. The van der Waals surface area contributed by atoms with Crippen LogP contribution in [0, 0.1) is 5.92 Å². The number of nitrogens with zero attached hydrogens (tertiary/aromatic N) is 3. The first-order valence-electron chi connectivity index (χ1n) is 6.53.